The molecule has 3 rings (SSSR count). The van der Waals surface area contributed by atoms with Gasteiger partial charge in [-0.05, 0) is 36.8 Å². The number of hydrogen-bond acceptors (Lipinski definition) is 5. The number of rotatable bonds is 6. The Labute approximate surface area is 156 Å². The minimum absolute atomic E-state index is 0.142. The summed E-state index contributed by atoms with van der Waals surface area (Å²) in [5.74, 6) is 1.44. The third-order valence-corrected chi connectivity index (χ3v) is 4.07. The number of aromatic nitrogens is 2. The number of anilines is 1. The van der Waals surface area contributed by atoms with E-state index < -0.39 is 0 Å². The molecule has 0 atom stereocenters. The van der Waals surface area contributed by atoms with E-state index in [1.54, 1.807) is 19.2 Å². The number of carbonyl (C=O) groups is 1. The third-order valence-electron chi connectivity index (χ3n) is 3.84. The van der Waals surface area contributed by atoms with E-state index in [-0.39, 0.29) is 12.3 Å². The molecule has 1 aromatic heterocycles. The highest BCUT2D eigenvalue weighted by Crippen LogP contribution is 2.22. The molecule has 6 nitrogen and oxygen atoms in total. The predicted molar refractivity (Wildman–Crippen MR) is 99.4 cm³/mol. The highest BCUT2D eigenvalue weighted by Gasteiger charge is 2.12. The molecule has 3 aromatic rings. The number of carbonyl (C=O) groups excluding carboxylic acids is 1. The molecule has 0 fully saturated rings. The molecule has 0 saturated carbocycles. The molecule has 0 spiro atoms. The standard InChI is InChI=1S/C19H18ClN3O3/c1-12-6-7-14(20)11-16(12)21-17(24)8-9-18-22-19(23-26-18)13-4-3-5-15(10-13)25-2/h3-7,10-11H,8-9H2,1-2H3,(H,21,24). The van der Waals surface area contributed by atoms with Crippen molar-refractivity contribution >= 4 is 23.2 Å². The zero-order chi connectivity index (χ0) is 18.5. The topological polar surface area (TPSA) is 77.2 Å². The number of hydrogen-bond donors (Lipinski definition) is 1. The van der Waals surface area contributed by atoms with Crippen LogP contribution in [0, 0.1) is 6.92 Å². The first kappa shape index (κ1) is 17.9. The van der Waals surface area contributed by atoms with Gasteiger partial charge in [0.25, 0.3) is 0 Å². The smallest absolute Gasteiger partial charge is 0.227 e. The minimum atomic E-state index is -0.142. The van der Waals surface area contributed by atoms with Gasteiger partial charge in [-0.3, -0.25) is 4.79 Å². The molecule has 1 amide bonds. The number of benzene rings is 2. The fourth-order valence-electron chi connectivity index (χ4n) is 2.40. The normalized spacial score (nSPS) is 10.6. The second-order valence-corrected chi connectivity index (χ2v) is 6.19. The fraction of sp³-hybridized carbons (Fsp3) is 0.211. The van der Waals surface area contributed by atoms with Crippen molar-refractivity contribution in [3.63, 3.8) is 0 Å². The van der Waals surface area contributed by atoms with Gasteiger partial charge in [-0.1, -0.05) is 35.0 Å². The van der Waals surface area contributed by atoms with Crippen molar-refractivity contribution in [1.29, 1.82) is 0 Å². The van der Waals surface area contributed by atoms with Crippen molar-refractivity contribution in [1.82, 2.24) is 10.1 Å². The zero-order valence-electron chi connectivity index (χ0n) is 14.5. The van der Waals surface area contributed by atoms with Crippen molar-refractivity contribution in [3.8, 4) is 17.1 Å². The van der Waals surface area contributed by atoms with E-state index in [0.29, 0.717) is 34.6 Å². The highest BCUT2D eigenvalue weighted by molar-refractivity contribution is 6.31. The molecule has 134 valence electrons. The summed E-state index contributed by atoms with van der Waals surface area (Å²) in [6, 6.07) is 12.7. The monoisotopic (exact) mass is 371 g/mol. The first-order chi connectivity index (χ1) is 12.5. The average Bonchev–Trinajstić information content (AvgIpc) is 3.12. The molecule has 0 aliphatic carbocycles. The number of methoxy groups -OCH3 is 1. The summed E-state index contributed by atoms with van der Waals surface area (Å²) >= 11 is 5.96. The Bertz CT molecular complexity index is 924. The molecule has 0 saturated heterocycles. The molecule has 0 bridgehead atoms. The lowest BCUT2D eigenvalue weighted by molar-refractivity contribution is -0.116. The zero-order valence-corrected chi connectivity index (χ0v) is 15.2. The van der Waals surface area contributed by atoms with Crippen molar-refractivity contribution in [2.75, 3.05) is 12.4 Å². The largest absolute Gasteiger partial charge is 0.497 e. The fourth-order valence-corrected chi connectivity index (χ4v) is 2.57. The van der Waals surface area contributed by atoms with Crippen molar-refractivity contribution in [3.05, 3.63) is 58.9 Å². The van der Waals surface area contributed by atoms with Crippen LogP contribution in [-0.4, -0.2) is 23.2 Å². The van der Waals surface area contributed by atoms with Gasteiger partial charge < -0.3 is 14.6 Å². The van der Waals surface area contributed by atoms with Gasteiger partial charge >= 0.3 is 0 Å². The maximum Gasteiger partial charge on any atom is 0.227 e. The number of nitrogens with zero attached hydrogens (tertiary/aromatic N) is 2. The van der Waals surface area contributed by atoms with Crippen LogP contribution < -0.4 is 10.1 Å². The molecule has 1 N–H and O–H groups in total. The molecule has 1 heterocycles. The van der Waals surface area contributed by atoms with Gasteiger partial charge in [-0.2, -0.15) is 4.98 Å². The van der Waals surface area contributed by atoms with Gasteiger partial charge in [-0.25, -0.2) is 0 Å². The summed E-state index contributed by atoms with van der Waals surface area (Å²) in [4.78, 5) is 16.5. The van der Waals surface area contributed by atoms with Crippen LogP contribution in [-0.2, 0) is 11.2 Å². The van der Waals surface area contributed by atoms with E-state index in [2.05, 4.69) is 15.5 Å². The Kier molecular flexibility index (Phi) is 5.53. The summed E-state index contributed by atoms with van der Waals surface area (Å²) in [7, 11) is 1.60. The number of ether oxygens (including phenoxy) is 1. The van der Waals surface area contributed by atoms with Gasteiger partial charge in [-0.15, -0.1) is 0 Å². The Morgan fingerprint density at radius 3 is 2.92 bits per heavy atom. The molecular formula is C19H18ClN3O3. The Hall–Kier alpha value is -2.86. The van der Waals surface area contributed by atoms with E-state index in [9.17, 15) is 4.79 Å². The lowest BCUT2D eigenvalue weighted by Crippen LogP contribution is -2.13. The molecular weight excluding hydrogens is 354 g/mol. The quantitative estimate of drug-likeness (QED) is 0.699. The van der Waals surface area contributed by atoms with E-state index in [1.165, 1.54) is 0 Å². The molecule has 7 heteroatoms. The predicted octanol–water partition coefficient (Wildman–Crippen LogP) is 4.28. The maximum absolute atomic E-state index is 12.1. The van der Waals surface area contributed by atoms with Crippen molar-refractivity contribution < 1.29 is 14.1 Å². The Morgan fingerprint density at radius 1 is 1.27 bits per heavy atom. The lowest BCUT2D eigenvalue weighted by atomic mass is 10.2. The molecule has 2 aromatic carbocycles. The number of halogens is 1. The van der Waals surface area contributed by atoms with Gasteiger partial charge in [0.2, 0.25) is 17.6 Å². The van der Waals surface area contributed by atoms with E-state index in [4.69, 9.17) is 20.9 Å². The van der Waals surface area contributed by atoms with Gasteiger partial charge in [0, 0.05) is 29.1 Å². The highest BCUT2D eigenvalue weighted by atomic mass is 35.5. The molecule has 0 radical (unpaired) electrons. The van der Waals surface area contributed by atoms with Crippen molar-refractivity contribution in [2.24, 2.45) is 0 Å². The molecule has 0 aliphatic rings. The van der Waals surface area contributed by atoms with E-state index in [1.807, 2.05) is 37.3 Å². The second-order valence-electron chi connectivity index (χ2n) is 5.75. The first-order valence-electron chi connectivity index (χ1n) is 8.08. The minimum Gasteiger partial charge on any atom is -0.497 e. The summed E-state index contributed by atoms with van der Waals surface area (Å²) in [5.41, 5.74) is 2.43. The van der Waals surface area contributed by atoms with Gasteiger partial charge in [0.15, 0.2) is 0 Å². The molecule has 0 aliphatic heterocycles. The average molecular weight is 372 g/mol. The second kappa shape index (κ2) is 8.01. The summed E-state index contributed by atoms with van der Waals surface area (Å²) in [6.45, 7) is 1.91. The lowest BCUT2D eigenvalue weighted by Gasteiger charge is -2.08. The third kappa shape index (κ3) is 4.40. The van der Waals surface area contributed by atoms with Crippen LogP contribution >= 0.6 is 11.6 Å². The van der Waals surface area contributed by atoms with Crippen LogP contribution in [0.15, 0.2) is 47.0 Å². The number of nitrogens with one attached hydrogen (secondary N) is 1. The summed E-state index contributed by atoms with van der Waals surface area (Å²) in [5, 5.41) is 7.38. The SMILES string of the molecule is COc1cccc(-c2noc(CCC(=O)Nc3cc(Cl)ccc3C)n2)c1. The summed E-state index contributed by atoms with van der Waals surface area (Å²) in [6.07, 6.45) is 0.577. The van der Waals surface area contributed by atoms with Crippen LogP contribution in [0.3, 0.4) is 0 Å². The van der Waals surface area contributed by atoms with Crippen molar-refractivity contribution in [2.45, 2.75) is 19.8 Å². The van der Waals surface area contributed by atoms with E-state index >= 15 is 0 Å². The Balaban J connectivity index is 1.61. The number of aryl methyl sites for hydroxylation is 2. The number of amides is 1. The van der Waals surface area contributed by atoms with Crippen LogP contribution in [0.1, 0.15) is 17.9 Å². The molecule has 0 unspecified atom stereocenters. The molecule has 26 heavy (non-hydrogen) atoms. The first-order valence-corrected chi connectivity index (χ1v) is 8.46. The van der Waals surface area contributed by atoms with Crippen LogP contribution in [0.2, 0.25) is 5.02 Å². The summed E-state index contributed by atoms with van der Waals surface area (Å²) < 4.78 is 10.4. The van der Waals surface area contributed by atoms with Crippen LogP contribution in [0.25, 0.3) is 11.4 Å². The van der Waals surface area contributed by atoms with Crippen LogP contribution in [0.4, 0.5) is 5.69 Å². The van der Waals surface area contributed by atoms with Gasteiger partial charge in [0.1, 0.15) is 5.75 Å². The van der Waals surface area contributed by atoms with Crippen LogP contribution in [0.5, 0.6) is 5.75 Å². The maximum atomic E-state index is 12.1. The van der Waals surface area contributed by atoms with E-state index in [0.717, 1.165) is 11.1 Å². The Morgan fingerprint density at radius 2 is 2.12 bits per heavy atom. The van der Waals surface area contributed by atoms with Gasteiger partial charge in [0.05, 0.1) is 7.11 Å².